The Hall–Kier alpha value is -2.31. The third-order valence-corrected chi connectivity index (χ3v) is 6.49. The fourth-order valence-corrected chi connectivity index (χ4v) is 5.08. The summed E-state index contributed by atoms with van der Waals surface area (Å²) < 4.78 is 32.8. The average Bonchev–Trinajstić information content (AvgIpc) is 3.27. The van der Waals surface area contributed by atoms with E-state index in [0.29, 0.717) is 37.6 Å². The first-order valence-corrected chi connectivity index (χ1v) is 10.5. The van der Waals surface area contributed by atoms with E-state index < -0.39 is 5.82 Å². The first-order chi connectivity index (χ1) is 14.5. The standard InChI is InChI=1S/C24H28F2N2O2/c1-16-5-3-4-6-20(16)24-21-15-27(12-17-11-19(25)7-8-22(17)26)13-18(21)14-28(24)23(29)9-10-30-2/h3-8,11,18,21,24H,9-10,12-15H2,1-2H3/t18-,21-,24+/m0/s1. The molecule has 0 N–H and O–H groups in total. The molecule has 2 aliphatic heterocycles. The molecule has 0 unspecified atom stereocenters. The van der Waals surface area contributed by atoms with Crippen LogP contribution in [-0.2, 0) is 16.1 Å². The Labute approximate surface area is 176 Å². The normalized spacial score (nSPS) is 23.7. The van der Waals surface area contributed by atoms with Crippen LogP contribution in [0.25, 0.3) is 0 Å². The van der Waals surface area contributed by atoms with Gasteiger partial charge in [-0.25, -0.2) is 8.78 Å². The van der Waals surface area contributed by atoms with E-state index in [1.54, 1.807) is 7.11 Å². The lowest BCUT2D eigenvalue weighted by atomic mass is 9.87. The van der Waals surface area contributed by atoms with Crippen molar-refractivity contribution in [2.45, 2.75) is 25.9 Å². The van der Waals surface area contributed by atoms with Crippen molar-refractivity contribution >= 4 is 5.91 Å². The number of rotatable bonds is 6. The van der Waals surface area contributed by atoms with Gasteiger partial charge >= 0.3 is 0 Å². The van der Waals surface area contributed by atoms with Crippen LogP contribution in [0.15, 0.2) is 42.5 Å². The predicted octanol–water partition coefficient (Wildman–Crippen LogP) is 3.94. The summed E-state index contributed by atoms with van der Waals surface area (Å²) >= 11 is 0. The molecule has 160 valence electrons. The number of hydrogen-bond donors (Lipinski definition) is 0. The van der Waals surface area contributed by atoms with Gasteiger partial charge in [-0.2, -0.15) is 0 Å². The van der Waals surface area contributed by atoms with Crippen LogP contribution in [0.1, 0.15) is 29.2 Å². The Morgan fingerprint density at radius 2 is 1.93 bits per heavy atom. The van der Waals surface area contributed by atoms with Gasteiger partial charge < -0.3 is 9.64 Å². The van der Waals surface area contributed by atoms with Crippen molar-refractivity contribution in [3.63, 3.8) is 0 Å². The molecular formula is C24H28F2N2O2. The topological polar surface area (TPSA) is 32.8 Å². The second-order valence-electron chi connectivity index (χ2n) is 8.44. The number of aryl methyl sites for hydroxylation is 1. The third kappa shape index (κ3) is 4.12. The molecule has 2 saturated heterocycles. The molecule has 30 heavy (non-hydrogen) atoms. The zero-order chi connectivity index (χ0) is 21.3. The number of amides is 1. The molecule has 0 spiro atoms. The van der Waals surface area contributed by atoms with E-state index in [4.69, 9.17) is 4.74 Å². The van der Waals surface area contributed by atoms with E-state index in [1.165, 1.54) is 23.3 Å². The van der Waals surface area contributed by atoms with Crippen molar-refractivity contribution in [3.8, 4) is 0 Å². The molecule has 4 rings (SSSR count). The van der Waals surface area contributed by atoms with Gasteiger partial charge in [0.25, 0.3) is 0 Å². The summed E-state index contributed by atoms with van der Waals surface area (Å²) in [6.45, 7) is 5.10. The molecule has 2 aromatic carbocycles. The summed E-state index contributed by atoms with van der Waals surface area (Å²) in [4.78, 5) is 17.1. The summed E-state index contributed by atoms with van der Waals surface area (Å²) in [5.74, 6) is -0.0899. The molecule has 0 aliphatic carbocycles. The maximum Gasteiger partial charge on any atom is 0.225 e. The van der Waals surface area contributed by atoms with Crippen LogP contribution in [-0.4, -0.2) is 49.1 Å². The monoisotopic (exact) mass is 414 g/mol. The van der Waals surface area contributed by atoms with Crippen LogP contribution < -0.4 is 0 Å². The van der Waals surface area contributed by atoms with Gasteiger partial charge in [0.15, 0.2) is 0 Å². The fourth-order valence-electron chi connectivity index (χ4n) is 5.08. The van der Waals surface area contributed by atoms with Gasteiger partial charge in [0.05, 0.1) is 19.1 Å². The van der Waals surface area contributed by atoms with E-state index >= 15 is 0 Å². The molecule has 0 bridgehead atoms. The largest absolute Gasteiger partial charge is 0.384 e. The van der Waals surface area contributed by atoms with Crippen LogP contribution in [0.3, 0.4) is 0 Å². The number of ether oxygens (including phenoxy) is 1. The molecule has 2 aromatic rings. The number of hydrogen-bond acceptors (Lipinski definition) is 3. The Bertz CT molecular complexity index is 920. The molecule has 0 radical (unpaired) electrons. The lowest BCUT2D eigenvalue weighted by Crippen LogP contribution is -2.36. The van der Waals surface area contributed by atoms with Gasteiger partial charge in [0, 0.05) is 44.8 Å². The van der Waals surface area contributed by atoms with E-state index in [2.05, 4.69) is 24.0 Å². The maximum absolute atomic E-state index is 14.1. The zero-order valence-corrected chi connectivity index (χ0v) is 17.5. The average molecular weight is 414 g/mol. The number of benzene rings is 2. The molecule has 3 atom stereocenters. The number of halogens is 2. The molecule has 4 nitrogen and oxygen atoms in total. The first-order valence-electron chi connectivity index (χ1n) is 10.5. The van der Waals surface area contributed by atoms with E-state index in [0.717, 1.165) is 19.2 Å². The van der Waals surface area contributed by atoms with Crippen LogP contribution in [0.5, 0.6) is 0 Å². The second kappa shape index (κ2) is 8.82. The minimum absolute atomic E-state index is 0.00270. The Kier molecular flexibility index (Phi) is 6.16. The highest BCUT2D eigenvalue weighted by atomic mass is 19.1. The van der Waals surface area contributed by atoms with Crippen LogP contribution in [0.2, 0.25) is 0 Å². The van der Waals surface area contributed by atoms with Gasteiger partial charge in [-0.15, -0.1) is 0 Å². The third-order valence-electron chi connectivity index (χ3n) is 6.49. The van der Waals surface area contributed by atoms with E-state index in [1.807, 2.05) is 17.0 Å². The highest BCUT2D eigenvalue weighted by Gasteiger charge is 2.49. The summed E-state index contributed by atoms with van der Waals surface area (Å²) in [5, 5.41) is 0. The van der Waals surface area contributed by atoms with Crippen LogP contribution >= 0.6 is 0 Å². The summed E-state index contributed by atoms with van der Waals surface area (Å²) in [7, 11) is 1.61. The predicted molar refractivity (Wildman–Crippen MR) is 111 cm³/mol. The minimum Gasteiger partial charge on any atom is -0.384 e. The van der Waals surface area contributed by atoms with E-state index in [-0.39, 0.29) is 23.7 Å². The maximum atomic E-state index is 14.1. The SMILES string of the molecule is COCCC(=O)N1C[C@@H]2CN(Cc3cc(F)ccc3F)C[C@@H]2[C@H]1c1ccccc1C. The lowest BCUT2D eigenvalue weighted by molar-refractivity contribution is -0.133. The molecule has 6 heteroatoms. The number of nitrogens with zero attached hydrogens (tertiary/aromatic N) is 2. The molecule has 2 heterocycles. The number of carbonyl (C=O) groups is 1. The van der Waals surface area contributed by atoms with Crippen molar-refractivity contribution in [3.05, 3.63) is 70.8 Å². The van der Waals surface area contributed by atoms with Crippen molar-refractivity contribution in [1.29, 1.82) is 0 Å². The molecule has 0 saturated carbocycles. The molecular weight excluding hydrogens is 386 g/mol. The summed E-state index contributed by atoms with van der Waals surface area (Å²) in [6, 6.07) is 11.8. The Morgan fingerprint density at radius 3 is 2.70 bits per heavy atom. The zero-order valence-electron chi connectivity index (χ0n) is 17.5. The molecule has 1 amide bonds. The highest BCUT2D eigenvalue weighted by molar-refractivity contribution is 5.77. The van der Waals surface area contributed by atoms with Gasteiger partial charge in [0.2, 0.25) is 5.91 Å². The van der Waals surface area contributed by atoms with Crippen LogP contribution in [0, 0.1) is 30.4 Å². The van der Waals surface area contributed by atoms with Gasteiger partial charge in [-0.3, -0.25) is 9.69 Å². The van der Waals surface area contributed by atoms with Crippen molar-refractivity contribution in [2.75, 3.05) is 33.4 Å². The quantitative estimate of drug-likeness (QED) is 0.718. The van der Waals surface area contributed by atoms with Crippen molar-refractivity contribution in [1.82, 2.24) is 9.80 Å². The fraction of sp³-hybridized carbons (Fsp3) is 0.458. The number of fused-ring (bicyclic) bond motifs is 1. The van der Waals surface area contributed by atoms with Gasteiger partial charge in [-0.1, -0.05) is 24.3 Å². The highest BCUT2D eigenvalue weighted by Crippen LogP contribution is 2.46. The summed E-state index contributed by atoms with van der Waals surface area (Å²) in [6.07, 6.45) is 0.372. The smallest absolute Gasteiger partial charge is 0.225 e. The first kappa shape index (κ1) is 20.9. The van der Waals surface area contributed by atoms with Crippen molar-refractivity contribution < 1.29 is 18.3 Å². The minimum atomic E-state index is -0.418. The Balaban J connectivity index is 1.56. The van der Waals surface area contributed by atoms with Gasteiger partial charge in [0.1, 0.15) is 11.6 Å². The molecule has 0 aromatic heterocycles. The van der Waals surface area contributed by atoms with E-state index in [9.17, 15) is 13.6 Å². The molecule has 2 aliphatic rings. The number of methoxy groups -OCH3 is 1. The van der Waals surface area contributed by atoms with Gasteiger partial charge in [-0.05, 0) is 42.2 Å². The Morgan fingerprint density at radius 1 is 1.13 bits per heavy atom. The number of likely N-dealkylation sites (tertiary alicyclic amines) is 2. The molecule has 2 fully saturated rings. The number of carbonyl (C=O) groups excluding carboxylic acids is 1. The summed E-state index contributed by atoms with van der Waals surface area (Å²) in [5.41, 5.74) is 2.73. The lowest BCUT2D eigenvalue weighted by Gasteiger charge is -2.31. The van der Waals surface area contributed by atoms with Crippen LogP contribution in [0.4, 0.5) is 8.78 Å². The van der Waals surface area contributed by atoms with Crippen molar-refractivity contribution in [2.24, 2.45) is 11.8 Å². The second-order valence-corrected chi connectivity index (χ2v) is 8.44.